The lowest BCUT2D eigenvalue weighted by Crippen LogP contribution is -2.41. The van der Waals surface area contributed by atoms with Gasteiger partial charge in [-0.05, 0) is 0 Å². The van der Waals surface area contributed by atoms with Gasteiger partial charge in [-0.1, -0.05) is 0 Å². The van der Waals surface area contributed by atoms with Crippen molar-refractivity contribution in [2.24, 2.45) is 5.73 Å². The van der Waals surface area contributed by atoms with Gasteiger partial charge in [0.1, 0.15) is 6.10 Å². The molecule has 2 atom stereocenters. The van der Waals surface area contributed by atoms with Crippen LogP contribution in [0.15, 0.2) is 0 Å². The first-order valence-corrected chi connectivity index (χ1v) is 3.41. The standard InChI is InChI=1S/C6H13NO3/c7-1-5-3-10-6(2-8)4-9-5/h5-6,8H,1-4,7H2/t5-,6+/m1/s1. The van der Waals surface area contributed by atoms with Crippen LogP contribution in [0.2, 0.25) is 0 Å². The molecule has 0 aromatic heterocycles. The Labute approximate surface area is 59.9 Å². The highest BCUT2D eigenvalue weighted by molar-refractivity contribution is 4.66. The number of nitrogens with two attached hydrogens (primary N) is 1. The van der Waals surface area contributed by atoms with E-state index >= 15 is 0 Å². The summed E-state index contributed by atoms with van der Waals surface area (Å²) in [6.45, 7) is 1.47. The molecule has 1 rings (SSSR count). The minimum atomic E-state index is -0.150. The molecule has 0 unspecified atom stereocenters. The number of ether oxygens (including phenoxy) is 2. The largest absolute Gasteiger partial charge is 0.394 e. The minimum Gasteiger partial charge on any atom is -0.394 e. The Morgan fingerprint density at radius 3 is 2.30 bits per heavy atom. The van der Waals surface area contributed by atoms with E-state index in [0.717, 1.165) is 0 Å². The molecule has 60 valence electrons. The summed E-state index contributed by atoms with van der Waals surface area (Å²) in [7, 11) is 0. The van der Waals surface area contributed by atoms with Gasteiger partial charge < -0.3 is 20.3 Å². The Kier molecular flexibility index (Phi) is 3.08. The summed E-state index contributed by atoms with van der Waals surface area (Å²) in [6, 6.07) is 0. The molecule has 0 aromatic carbocycles. The molecule has 10 heavy (non-hydrogen) atoms. The van der Waals surface area contributed by atoms with Crippen molar-refractivity contribution in [3.05, 3.63) is 0 Å². The van der Waals surface area contributed by atoms with Gasteiger partial charge in [0.15, 0.2) is 0 Å². The van der Waals surface area contributed by atoms with Crippen LogP contribution in [0.5, 0.6) is 0 Å². The summed E-state index contributed by atoms with van der Waals surface area (Å²) >= 11 is 0. The minimum absolute atomic E-state index is 0.0165. The molecule has 4 heteroatoms. The van der Waals surface area contributed by atoms with Crippen molar-refractivity contribution >= 4 is 0 Å². The van der Waals surface area contributed by atoms with E-state index < -0.39 is 0 Å². The average Bonchev–Trinajstić information content (AvgIpc) is 2.05. The van der Waals surface area contributed by atoms with E-state index in [1.54, 1.807) is 0 Å². The van der Waals surface area contributed by atoms with Crippen LogP contribution in [0.25, 0.3) is 0 Å². The highest BCUT2D eigenvalue weighted by Gasteiger charge is 2.19. The third-order valence-electron chi connectivity index (χ3n) is 1.50. The number of rotatable bonds is 2. The van der Waals surface area contributed by atoms with E-state index in [1.165, 1.54) is 0 Å². The predicted molar refractivity (Wildman–Crippen MR) is 35.6 cm³/mol. The molecule has 3 N–H and O–H groups in total. The molecule has 0 radical (unpaired) electrons. The molecule has 4 nitrogen and oxygen atoms in total. The molecule has 0 spiro atoms. The first-order valence-electron chi connectivity index (χ1n) is 3.41. The maximum absolute atomic E-state index is 8.61. The lowest BCUT2D eigenvalue weighted by Gasteiger charge is -2.27. The zero-order chi connectivity index (χ0) is 7.40. The lowest BCUT2D eigenvalue weighted by molar-refractivity contribution is -0.141. The van der Waals surface area contributed by atoms with Gasteiger partial charge in [-0.25, -0.2) is 0 Å². The van der Waals surface area contributed by atoms with Gasteiger partial charge in [0, 0.05) is 6.54 Å². The smallest absolute Gasteiger partial charge is 0.104 e. The molecule has 0 bridgehead atoms. The van der Waals surface area contributed by atoms with Crippen molar-refractivity contribution in [1.29, 1.82) is 0 Å². The van der Waals surface area contributed by atoms with Crippen molar-refractivity contribution in [1.82, 2.24) is 0 Å². The third kappa shape index (κ3) is 1.91. The molecule has 0 aromatic rings. The maximum Gasteiger partial charge on any atom is 0.104 e. The molecule has 0 amide bonds. The monoisotopic (exact) mass is 147 g/mol. The third-order valence-corrected chi connectivity index (χ3v) is 1.50. The fourth-order valence-electron chi connectivity index (χ4n) is 0.825. The Bertz CT molecular complexity index is 79.0. The SMILES string of the molecule is NC[C@@H]1CO[C@@H](CO)CO1. The van der Waals surface area contributed by atoms with Crippen molar-refractivity contribution < 1.29 is 14.6 Å². The van der Waals surface area contributed by atoms with Gasteiger partial charge in [-0.2, -0.15) is 0 Å². The van der Waals surface area contributed by atoms with E-state index in [9.17, 15) is 0 Å². The molecule has 1 aliphatic heterocycles. The molecule has 0 saturated carbocycles. The molecular weight excluding hydrogens is 134 g/mol. The quantitative estimate of drug-likeness (QED) is 0.510. The van der Waals surface area contributed by atoms with E-state index in [2.05, 4.69) is 0 Å². The lowest BCUT2D eigenvalue weighted by atomic mass is 10.3. The van der Waals surface area contributed by atoms with E-state index in [1.807, 2.05) is 0 Å². The molecule has 1 heterocycles. The Morgan fingerprint density at radius 2 is 1.90 bits per heavy atom. The molecule has 0 aliphatic carbocycles. The summed E-state index contributed by atoms with van der Waals surface area (Å²) in [5.74, 6) is 0. The number of aliphatic hydroxyl groups excluding tert-OH is 1. The van der Waals surface area contributed by atoms with E-state index in [0.29, 0.717) is 19.8 Å². The van der Waals surface area contributed by atoms with E-state index in [-0.39, 0.29) is 18.8 Å². The summed E-state index contributed by atoms with van der Waals surface area (Å²) in [6.07, 6.45) is -0.134. The molecule has 1 saturated heterocycles. The van der Waals surface area contributed by atoms with Crippen molar-refractivity contribution in [2.45, 2.75) is 12.2 Å². The Hall–Kier alpha value is -0.160. The fraction of sp³-hybridized carbons (Fsp3) is 1.00. The number of hydrogen-bond acceptors (Lipinski definition) is 4. The van der Waals surface area contributed by atoms with Crippen molar-refractivity contribution in [3.63, 3.8) is 0 Å². The van der Waals surface area contributed by atoms with Gasteiger partial charge in [0.2, 0.25) is 0 Å². The topological polar surface area (TPSA) is 64.7 Å². The number of aliphatic hydroxyl groups is 1. The fourth-order valence-corrected chi connectivity index (χ4v) is 0.825. The van der Waals surface area contributed by atoms with Crippen LogP contribution in [-0.2, 0) is 9.47 Å². The van der Waals surface area contributed by atoms with Crippen molar-refractivity contribution in [2.75, 3.05) is 26.4 Å². The van der Waals surface area contributed by atoms with Crippen LogP contribution in [0.4, 0.5) is 0 Å². The zero-order valence-electron chi connectivity index (χ0n) is 5.82. The second-order valence-electron chi connectivity index (χ2n) is 2.33. The summed E-state index contributed by atoms with van der Waals surface area (Å²) in [4.78, 5) is 0. The summed E-state index contributed by atoms with van der Waals surface area (Å²) in [5, 5.41) is 8.61. The molecule has 1 fully saturated rings. The van der Waals surface area contributed by atoms with Crippen LogP contribution in [0.1, 0.15) is 0 Å². The van der Waals surface area contributed by atoms with Gasteiger partial charge in [-0.3, -0.25) is 0 Å². The Balaban J connectivity index is 2.17. The normalized spacial score (nSPS) is 34.2. The highest BCUT2D eigenvalue weighted by Crippen LogP contribution is 2.04. The van der Waals surface area contributed by atoms with Gasteiger partial charge in [0.25, 0.3) is 0 Å². The number of hydrogen-bond donors (Lipinski definition) is 2. The second-order valence-corrected chi connectivity index (χ2v) is 2.33. The molecule has 1 aliphatic rings. The average molecular weight is 147 g/mol. The zero-order valence-corrected chi connectivity index (χ0v) is 5.82. The van der Waals surface area contributed by atoms with Crippen LogP contribution in [0.3, 0.4) is 0 Å². The summed E-state index contributed by atoms with van der Waals surface area (Å²) < 4.78 is 10.4. The van der Waals surface area contributed by atoms with E-state index in [4.69, 9.17) is 20.3 Å². The molecular formula is C6H13NO3. The van der Waals surface area contributed by atoms with Crippen molar-refractivity contribution in [3.8, 4) is 0 Å². The highest BCUT2D eigenvalue weighted by atomic mass is 16.6. The van der Waals surface area contributed by atoms with Crippen LogP contribution in [0, 0.1) is 0 Å². The summed E-state index contributed by atoms with van der Waals surface area (Å²) in [5.41, 5.74) is 5.32. The first-order chi connectivity index (χ1) is 4.86. The van der Waals surface area contributed by atoms with Gasteiger partial charge in [0.05, 0.1) is 25.9 Å². The predicted octanol–water partition coefficient (Wildman–Crippen LogP) is -1.28. The first kappa shape index (κ1) is 7.94. The van der Waals surface area contributed by atoms with Gasteiger partial charge >= 0.3 is 0 Å². The maximum atomic E-state index is 8.61. The van der Waals surface area contributed by atoms with Crippen LogP contribution < -0.4 is 5.73 Å². The Morgan fingerprint density at radius 1 is 1.30 bits per heavy atom. The second kappa shape index (κ2) is 3.88. The van der Waals surface area contributed by atoms with Crippen LogP contribution >= 0.6 is 0 Å². The van der Waals surface area contributed by atoms with Gasteiger partial charge in [-0.15, -0.1) is 0 Å². The van der Waals surface area contributed by atoms with Crippen LogP contribution in [-0.4, -0.2) is 43.7 Å².